The molecule has 1 aliphatic heterocycles. The smallest absolute Gasteiger partial charge is 0.339 e. The van der Waals surface area contributed by atoms with Gasteiger partial charge >= 0.3 is 11.9 Å². The number of amides is 1. The quantitative estimate of drug-likeness (QED) is 0.832. The molecule has 6 nitrogen and oxygen atoms in total. The van der Waals surface area contributed by atoms with E-state index >= 15 is 0 Å². The number of esters is 2. The number of fused-ring (bicyclic) bond motifs is 1. The topological polar surface area (TPSA) is 81.7 Å². The number of halogens is 1. The van der Waals surface area contributed by atoms with Gasteiger partial charge in [0.05, 0.1) is 17.7 Å². The number of rotatable bonds is 4. The second-order valence-corrected chi connectivity index (χ2v) is 6.12. The summed E-state index contributed by atoms with van der Waals surface area (Å²) in [6.07, 6.45) is -0.661. The van der Waals surface area contributed by atoms with E-state index < -0.39 is 23.9 Å². The van der Waals surface area contributed by atoms with Gasteiger partial charge in [0.15, 0.2) is 6.10 Å². The number of nitrogens with one attached hydrogen (secondary N) is 1. The largest absolute Gasteiger partial charge is 0.462 e. The summed E-state index contributed by atoms with van der Waals surface area (Å²) < 4.78 is 10.1. The van der Waals surface area contributed by atoms with Crippen molar-refractivity contribution in [1.82, 2.24) is 0 Å². The fourth-order valence-corrected chi connectivity index (χ4v) is 2.80. The third-order valence-electron chi connectivity index (χ3n) is 3.90. The molecule has 1 N–H and O–H groups in total. The van der Waals surface area contributed by atoms with Crippen molar-refractivity contribution in [3.05, 3.63) is 64.2 Å². The van der Waals surface area contributed by atoms with Crippen molar-refractivity contribution < 1.29 is 23.9 Å². The van der Waals surface area contributed by atoms with Crippen LogP contribution in [-0.2, 0) is 20.7 Å². The Labute approximate surface area is 155 Å². The lowest BCUT2D eigenvalue weighted by atomic mass is 9.98. The van der Waals surface area contributed by atoms with Crippen molar-refractivity contribution in [2.45, 2.75) is 19.4 Å². The van der Waals surface area contributed by atoms with Crippen LogP contribution in [0.25, 0.3) is 0 Å². The average Bonchev–Trinajstić information content (AvgIpc) is 2.63. The molecule has 7 heteroatoms. The third-order valence-corrected chi connectivity index (χ3v) is 4.14. The van der Waals surface area contributed by atoms with Crippen LogP contribution >= 0.6 is 11.6 Å². The molecule has 0 spiro atoms. The fraction of sp³-hybridized carbons (Fsp3) is 0.211. The van der Waals surface area contributed by atoms with E-state index in [9.17, 15) is 14.4 Å². The molecule has 1 atom stereocenters. The molecule has 1 heterocycles. The van der Waals surface area contributed by atoms with E-state index in [1.54, 1.807) is 43.3 Å². The molecule has 0 radical (unpaired) electrons. The molecule has 0 saturated heterocycles. The van der Waals surface area contributed by atoms with Gasteiger partial charge in [0.25, 0.3) is 5.91 Å². The first-order valence-electron chi connectivity index (χ1n) is 8.05. The molecular formula is C19H16ClNO5. The highest BCUT2D eigenvalue weighted by Crippen LogP contribution is 2.24. The summed E-state index contributed by atoms with van der Waals surface area (Å²) in [5.74, 6) is -1.45. The van der Waals surface area contributed by atoms with Crippen LogP contribution in [0.4, 0.5) is 5.69 Å². The summed E-state index contributed by atoms with van der Waals surface area (Å²) in [4.78, 5) is 36.1. The van der Waals surface area contributed by atoms with Crippen LogP contribution in [-0.4, -0.2) is 30.6 Å². The average molecular weight is 374 g/mol. The Kier molecular flexibility index (Phi) is 5.23. The fourth-order valence-electron chi connectivity index (χ4n) is 2.62. The Balaban J connectivity index is 1.68. The van der Waals surface area contributed by atoms with E-state index in [1.807, 2.05) is 0 Å². The number of carbonyl (C=O) groups excluding carboxylic acids is 3. The summed E-state index contributed by atoms with van der Waals surface area (Å²) in [6, 6.07) is 11.2. The van der Waals surface area contributed by atoms with Crippen LogP contribution in [0.1, 0.15) is 33.2 Å². The SMILES string of the molecule is CCOC(=O)c1ccc(NC(=O)[C@H]2Cc3ccc(Cl)cc3C(=O)O2)cc1. The third kappa shape index (κ3) is 3.86. The van der Waals surface area contributed by atoms with E-state index in [0.29, 0.717) is 27.4 Å². The maximum atomic E-state index is 12.4. The van der Waals surface area contributed by atoms with Gasteiger partial charge in [-0.25, -0.2) is 9.59 Å². The van der Waals surface area contributed by atoms with Crippen LogP contribution in [0.3, 0.4) is 0 Å². The summed E-state index contributed by atoms with van der Waals surface area (Å²) in [5.41, 5.74) is 1.96. The molecule has 134 valence electrons. The zero-order valence-corrected chi connectivity index (χ0v) is 14.7. The molecular weight excluding hydrogens is 358 g/mol. The number of carbonyl (C=O) groups is 3. The normalized spacial score (nSPS) is 15.6. The molecule has 0 aromatic heterocycles. The van der Waals surface area contributed by atoms with Gasteiger partial charge < -0.3 is 14.8 Å². The van der Waals surface area contributed by atoms with Crippen molar-refractivity contribution in [1.29, 1.82) is 0 Å². The summed E-state index contributed by atoms with van der Waals surface area (Å²) in [7, 11) is 0. The highest BCUT2D eigenvalue weighted by molar-refractivity contribution is 6.31. The highest BCUT2D eigenvalue weighted by Gasteiger charge is 2.31. The van der Waals surface area contributed by atoms with E-state index in [0.717, 1.165) is 0 Å². The lowest BCUT2D eigenvalue weighted by Crippen LogP contribution is -2.38. The number of anilines is 1. The highest BCUT2D eigenvalue weighted by atomic mass is 35.5. The van der Waals surface area contributed by atoms with Crippen molar-refractivity contribution in [2.24, 2.45) is 0 Å². The zero-order chi connectivity index (χ0) is 18.7. The van der Waals surface area contributed by atoms with Gasteiger partial charge in [0, 0.05) is 17.1 Å². The Morgan fingerprint density at radius 2 is 1.96 bits per heavy atom. The molecule has 0 saturated carbocycles. The van der Waals surface area contributed by atoms with Gasteiger partial charge in [0.1, 0.15) is 0 Å². The molecule has 0 bridgehead atoms. The molecule has 0 aliphatic carbocycles. The zero-order valence-electron chi connectivity index (χ0n) is 14.0. The summed E-state index contributed by atoms with van der Waals surface area (Å²) in [6.45, 7) is 2.01. The van der Waals surface area contributed by atoms with Gasteiger partial charge in [0.2, 0.25) is 0 Å². The molecule has 0 unspecified atom stereocenters. The minimum absolute atomic E-state index is 0.269. The second-order valence-electron chi connectivity index (χ2n) is 5.69. The lowest BCUT2D eigenvalue weighted by molar-refractivity contribution is -0.125. The van der Waals surface area contributed by atoms with Crippen LogP contribution in [0, 0.1) is 0 Å². The first kappa shape index (κ1) is 17.9. The number of hydrogen-bond donors (Lipinski definition) is 1. The molecule has 1 aliphatic rings. The first-order valence-corrected chi connectivity index (χ1v) is 8.43. The van der Waals surface area contributed by atoms with Crippen molar-refractivity contribution in [2.75, 3.05) is 11.9 Å². The van der Waals surface area contributed by atoms with Gasteiger partial charge in [-0.1, -0.05) is 17.7 Å². The van der Waals surface area contributed by atoms with E-state index in [1.165, 1.54) is 6.07 Å². The molecule has 0 fully saturated rings. The van der Waals surface area contributed by atoms with Crippen LogP contribution in [0.15, 0.2) is 42.5 Å². The first-order chi connectivity index (χ1) is 12.5. The maximum absolute atomic E-state index is 12.4. The minimum Gasteiger partial charge on any atom is -0.462 e. The Hall–Kier alpha value is -2.86. The molecule has 2 aromatic carbocycles. The molecule has 2 aromatic rings. The van der Waals surface area contributed by atoms with Crippen LogP contribution in [0.2, 0.25) is 5.02 Å². The molecule has 3 rings (SSSR count). The van der Waals surface area contributed by atoms with Gasteiger partial charge in [-0.3, -0.25) is 4.79 Å². The van der Waals surface area contributed by atoms with Gasteiger partial charge in [-0.15, -0.1) is 0 Å². The lowest BCUT2D eigenvalue weighted by Gasteiger charge is -2.24. The van der Waals surface area contributed by atoms with Crippen molar-refractivity contribution in [3.8, 4) is 0 Å². The predicted molar refractivity (Wildman–Crippen MR) is 95.4 cm³/mol. The number of benzene rings is 2. The monoisotopic (exact) mass is 373 g/mol. The van der Waals surface area contributed by atoms with Gasteiger partial charge in [-0.2, -0.15) is 0 Å². The molecule has 26 heavy (non-hydrogen) atoms. The van der Waals surface area contributed by atoms with Crippen molar-refractivity contribution >= 4 is 35.1 Å². The van der Waals surface area contributed by atoms with Crippen LogP contribution < -0.4 is 5.32 Å². The van der Waals surface area contributed by atoms with E-state index in [4.69, 9.17) is 21.1 Å². The Morgan fingerprint density at radius 3 is 2.65 bits per heavy atom. The van der Waals surface area contributed by atoms with Crippen LogP contribution in [0.5, 0.6) is 0 Å². The van der Waals surface area contributed by atoms with E-state index in [2.05, 4.69) is 5.32 Å². The summed E-state index contributed by atoms with van der Waals surface area (Å²) in [5, 5.41) is 3.11. The number of hydrogen-bond acceptors (Lipinski definition) is 5. The van der Waals surface area contributed by atoms with Gasteiger partial charge in [-0.05, 0) is 48.9 Å². The number of ether oxygens (including phenoxy) is 2. The standard InChI is InChI=1S/C19H16ClNO5/c1-2-25-18(23)11-4-7-14(8-5-11)21-17(22)16-9-12-3-6-13(20)10-15(12)19(24)26-16/h3-8,10,16H,2,9H2,1H3,(H,21,22)/t16-/m1/s1. The minimum atomic E-state index is -0.930. The van der Waals surface area contributed by atoms with E-state index in [-0.39, 0.29) is 13.0 Å². The second kappa shape index (κ2) is 7.58. The number of cyclic esters (lactones) is 1. The Bertz CT molecular complexity index is 863. The predicted octanol–water partition coefficient (Wildman–Crippen LogP) is 3.24. The maximum Gasteiger partial charge on any atom is 0.339 e. The van der Waals surface area contributed by atoms with Crippen molar-refractivity contribution in [3.63, 3.8) is 0 Å². The Morgan fingerprint density at radius 1 is 1.23 bits per heavy atom. The summed E-state index contributed by atoms with van der Waals surface area (Å²) >= 11 is 5.88. The molecule has 1 amide bonds.